The smallest absolute Gasteiger partial charge is 0.193 e. The number of nitrogens with zero attached hydrogens (tertiary/aromatic N) is 3. The zero-order valence-corrected chi connectivity index (χ0v) is 15.8. The monoisotopic (exact) mass is 358 g/mol. The predicted molar refractivity (Wildman–Crippen MR) is 104 cm³/mol. The molecule has 1 aliphatic rings. The summed E-state index contributed by atoms with van der Waals surface area (Å²) in [5, 5.41) is 6.72. The van der Waals surface area contributed by atoms with E-state index in [1.807, 2.05) is 44.3 Å². The van der Waals surface area contributed by atoms with Gasteiger partial charge in [-0.05, 0) is 19.1 Å². The number of aromatic nitrogens is 1. The Hall–Kier alpha value is -2.08. The number of benzene rings is 1. The first-order valence-corrected chi connectivity index (χ1v) is 9.71. The van der Waals surface area contributed by atoms with Crippen molar-refractivity contribution in [2.75, 3.05) is 26.7 Å². The third-order valence-electron chi connectivity index (χ3n) is 4.33. The van der Waals surface area contributed by atoms with E-state index in [4.69, 9.17) is 4.74 Å². The minimum atomic E-state index is 0.287. The molecule has 3 rings (SSSR count). The van der Waals surface area contributed by atoms with Gasteiger partial charge in [0.2, 0.25) is 0 Å². The quantitative estimate of drug-likeness (QED) is 0.659. The van der Waals surface area contributed by atoms with Crippen LogP contribution in [0.5, 0.6) is 5.75 Å². The Kier molecular flexibility index (Phi) is 6.28. The number of hydrogen-bond acceptors (Lipinski definition) is 4. The normalized spacial score (nSPS) is 16.1. The van der Waals surface area contributed by atoms with Gasteiger partial charge in [0, 0.05) is 51.3 Å². The zero-order valence-electron chi connectivity index (χ0n) is 14.9. The Labute approximate surface area is 153 Å². The molecule has 0 atom stereocenters. The zero-order chi connectivity index (χ0) is 17.5. The number of rotatable bonds is 5. The maximum absolute atomic E-state index is 6.06. The van der Waals surface area contributed by atoms with E-state index >= 15 is 0 Å². The number of likely N-dealkylation sites (tertiary alicyclic amines) is 1. The number of hydrogen-bond donors (Lipinski definition) is 1. The number of guanidine groups is 1. The van der Waals surface area contributed by atoms with E-state index in [-0.39, 0.29) is 6.10 Å². The number of piperidine rings is 1. The minimum Gasteiger partial charge on any atom is -0.490 e. The lowest BCUT2D eigenvalue weighted by Crippen LogP contribution is -2.47. The van der Waals surface area contributed by atoms with Crippen molar-refractivity contribution in [1.29, 1.82) is 0 Å². The molecule has 1 aliphatic heterocycles. The molecule has 0 spiro atoms. The van der Waals surface area contributed by atoms with Gasteiger partial charge in [-0.15, -0.1) is 11.3 Å². The molecule has 1 fully saturated rings. The van der Waals surface area contributed by atoms with Crippen molar-refractivity contribution in [3.63, 3.8) is 0 Å². The fraction of sp³-hybridized carbons (Fsp3) is 0.474. The van der Waals surface area contributed by atoms with Gasteiger partial charge in [-0.1, -0.05) is 18.2 Å². The Morgan fingerprint density at radius 2 is 2.08 bits per heavy atom. The highest BCUT2D eigenvalue weighted by Gasteiger charge is 2.22. The maximum atomic E-state index is 6.06. The van der Waals surface area contributed by atoms with Crippen molar-refractivity contribution in [2.24, 2.45) is 4.99 Å². The fourth-order valence-electron chi connectivity index (χ4n) is 3.03. The van der Waals surface area contributed by atoms with Gasteiger partial charge in [-0.2, -0.15) is 0 Å². The number of aryl methyl sites for hydroxylation is 1. The second kappa shape index (κ2) is 8.85. The van der Waals surface area contributed by atoms with Gasteiger partial charge >= 0.3 is 0 Å². The fourth-order valence-corrected chi connectivity index (χ4v) is 3.68. The molecule has 1 saturated heterocycles. The molecule has 25 heavy (non-hydrogen) atoms. The first kappa shape index (κ1) is 17.7. The highest BCUT2D eigenvalue weighted by molar-refractivity contribution is 7.09. The molecule has 6 heteroatoms. The average Bonchev–Trinajstić information content (AvgIpc) is 3.06. The lowest BCUT2D eigenvalue weighted by atomic mass is 10.1. The predicted octanol–water partition coefficient (Wildman–Crippen LogP) is 3.11. The molecule has 134 valence electrons. The molecule has 1 aromatic carbocycles. The Morgan fingerprint density at radius 3 is 2.72 bits per heavy atom. The van der Waals surface area contributed by atoms with Crippen LogP contribution in [0.3, 0.4) is 0 Å². The summed E-state index contributed by atoms with van der Waals surface area (Å²) in [6, 6.07) is 10.1. The van der Waals surface area contributed by atoms with Gasteiger partial charge in [-0.3, -0.25) is 4.99 Å². The molecule has 1 aromatic heterocycles. The average molecular weight is 359 g/mol. The van der Waals surface area contributed by atoms with Gasteiger partial charge < -0.3 is 15.0 Å². The highest BCUT2D eigenvalue weighted by Crippen LogP contribution is 2.18. The first-order valence-electron chi connectivity index (χ1n) is 8.83. The molecule has 0 aliphatic carbocycles. The summed E-state index contributed by atoms with van der Waals surface area (Å²) in [6.07, 6.45) is 3.24. The van der Waals surface area contributed by atoms with Gasteiger partial charge in [-0.25, -0.2) is 4.98 Å². The largest absolute Gasteiger partial charge is 0.490 e. The van der Waals surface area contributed by atoms with E-state index in [1.165, 1.54) is 0 Å². The summed E-state index contributed by atoms with van der Waals surface area (Å²) >= 11 is 1.70. The minimum absolute atomic E-state index is 0.287. The van der Waals surface area contributed by atoms with Gasteiger partial charge in [0.1, 0.15) is 11.9 Å². The Morgan fingerprint density at radius 1 is 1.32 bits per heavy atom. The van der Waals surface area contributed by atoms with Crippen molar-refractivity contribution in [3.8, 4) is 5.75 Å². The first-order chi connectivity index (χ1) is 12.2. The van der Waals surface area contributed by atoms with Crippen LogP contribution in [-0.4, -0.2) is 48.6 Å². The van der Waals surface area contributed by atoms with Gasteiger partial charge in [0.25, 0.3) is 0 Å². The van der Waals surface area contributed by atoms with Crippen molar-refractivity contribution in [1.82, 2.24) is 15.2 Å². The van der Waals surface area contributed by atoms with E-state index in [0.29, 0.717) is 0 Å². The van der Waals surface area contributed by atoms with E-state index in [0.717, 1.165) is 61.3 Å². The molecule has 0 radical (unpaired) electrons. The summed E-state index contributed by atoms with van der Waals surface area (Å²) in [7, 11) is 1.85. The topological polar surface area (TPSA) is 49.8 Å². The summed E-state index contributed by atoms with van der Waals surface area (Å²) < 4.78 is 6.06. The van der Waals surface area contributed by atoms with E-state index in [9.17, 15) is 0 Å². The Balaban J connectivity index is 1.42. The SMILES string of the molecule is CN=C(NCCc1csc(C)n1)N1CCC(Oc2ccccc2)CC1. The number of nitrogens with one attached hydrogen (secondary N) is 1. The molecule has 0 saturated carbocycles. The number of para-hydroxylation sites is 1. The molecular weight excluding hydrogens is 332 g/mol. The van der Waals surface area contributed by atoms with Crippen LogP contribution in [0, 0.1) is 6.92 Å². The molecule has 0 unspecified atom stereocenters. The third-order valence-corrected chi connectivity index (χ3v) is 5.15. The molecule has 2 heterocycles. The molecule has 0 bridgehead atoms. The van der Waals surface area contributed by atoms with Crippen molar-refractivity contribution >= 4 is 17.3 Å². The van der Waals surface area contributed by atoms with Crippen LogP contribution in [0.15, 0.2) is 40.7 Å². The molecule has 2 aromatic rings. The number of thiazole rings is 1. The molecular formula is C19H26N4OS. The molecule has 1 N–H and O–H groups in total. The summed E-state index contributed by atoms with van der Waals surface area (Å²) in [5.74, 6) is 1.94. The van der Waals surface area contributed by atoms with Gasteiger partial charge in [0.15, 0.2) is 5.96 Å². The van der Waals surface area contributed by atoms with Crippen LogP contribution >= 0.6 is 11.3 Å². The number of ether oxygens (including phenoxy) is 1. The van der Waals surface area contributed by atoms with E-state index in [1.54, 1.807) is 11.3 Å². The van der Waals surface area contributed by atoms with Crippen molar-refractivity contribution in [3.05, 3.63) is 46.4 Å². The third kappa shape index (κ3) is 5.19. The van der Waals surface area contributed by atoms with E-state index < -0.39 is 0 Å². The van der Waals surface area contributed by atoms with Gasteiger partial charge in [0.05, 0.1) is 10.7 Å². The summed E-state index contributed by atoms with van der Waals surface area (Å²) in [6.45, 7) is 4.83. The second-order valence-electron chi connectivity index (χ2n) is 6.20. The van der Waals surface area contributed by atoms with E-state index in [2.05, 4.69) is 25.6 Å². The van der Waals surface area contributed by atoms with Crippen molar-refractivity contribution < 1.29 is 4.74 Å². The maximum Gasteiger partial charge on any atom is 0.193 e. The standard InChI is InChI=1S/C19H26N4OS/c1-15-22-16(14-25-15)8-11-21-19(20-2)23-12-9-18(10-13-23)24-17-6-4-3-5-7-17/h3-7,14,18H,8-13H2,1-2H3,(H,20,21). The van der Waals surface area contributed by atoms with Crippen LogP contribution in [0.1, 0.15) is 23.5 Å². The lowest BCUT2D eigenvalue weighted by molar-refractivity contribution is 0.129. The van der Waals surface area contributed by atoms with Crippen LogP contribution in [0.4, 0.5) is 0 Å². The highest BCUT2D eigenvalue weighted by atomic mass is 32.1. The van der Waals surface area contributed by atoms with Crippen LogP contribution in [0.2, 0.25) is 0 Å². The summed E-state index contributed by atoms with van der Waals surface area (Å²) in [5.41, 5.74) is 1.15. The lowest BCUT2D eigenvalue weighted by Gasteiger charge is -2.34. The van der Waals surface area contributed by atoms with Crippen LogP contribution in [-0.2, 0) is 6.42 Å². The number of aliphatic imine (C=N–C) groups is 1. The van der Waals surface area contributed by atoms with Crippen LogP contribution < -0.4 is 10.1 Å². The Bertz CT molecular complexity index is 678. The second-order valence-corrected chi connectivity index (χ2v) is 7.26. The molecule has 0 amide bonds. The van der Waals surface area contributed by atoms with Crippen LogP contribution in [0.25, 0.3) is 0 Å². The molecule has 5 nitrogen and oxygen atoms in total. The van der Waals surface area contributed by atoms with Crippen molar-refractivity contribution in [2.45, 2.75) is 32.3 Å². The summed E-state index contributed by atoms with van der Waals surface area (Å²) in [4.78, 5) is 11.3.